The maximum absolute atomic E-state index is 10.7. The van der Waals surface area contributed by atoms with Crippen molar-refractivity contribution in [3.8, 4) is 11.1 Å². The number of rotatable bonds is 4. The highest BCUT2D eigenvalue weighted by Gasteiger charge is 2.11. The number of aromatic nitrogens is 1. The van der Waals surface area contributed by atoms with E-state index in [2.05, 4.69) is 4.98 Å². The van der Waals surface area contributed by atoms with Gasteiger partial charge in [-0.1, -0.05) is 24.3 Å². The summed E-state index contributed by atoms with van der Waals surface area (Å²) in [4.78, 5) is 14.6. The molecule has 4 heteroatoms. The number of nitrogens with zero attached hydrogens (tertiary/aromatic N) is 1. The molecule has 1 aromatic carbocycles. The Balaban J connectivity index is 2.13. The summed E-state index contributed by atoms with van der Waals surface area (Å²) >= 11 is 0. The lowest BCUT2D eigenvalue weighted by Gasteiger charge is -2.07. The van der Waals surface area contributed by atoms with Crippen LogP contribution in [0.3, 0.4) is 0 Å². The fourth-order valence-electron chi connectivity index (χ4n) is 1.72. The third-order valence-electron chi connectivity index (χ3n) is 2.74. The molecule has 3 N–H and O–H groups in total. The van der Waals surface area contributed by atoms with E-state index in [0.29, 0.717) is 6.42 Å². The van der Waals surface area contributed by atoms with Crippen molar-refractivity contribution in [2.24, 2.45) is 5.73 Å². The Morgan fingerprint density at radius 2 is 1.67 bits per heavy atom. The average Bonchev–Trinajstić information content (AvgIpc) is 2.40. The number of carbonyl (C=O) groups is 1. The number of hydrogen-bond donors (Lipinski definition) is 2. The van der Waals surface area contributed by atoms with Gasteiger partial charge in [-0.15, -0.1) is 0 Å². The molecule has 0 saturated carbocycles. The molecule has 18 heavy (non-hydrogen) atoms. The first-order valence-corrected chi connectivity index (χ1v) is 5.64. The monoisotopic (exact) mass is 242 g/mol. The fourth-order valence-corrected chi connectivity index (χ4v) is 1.72. The summed E-state index contributed by atoms with van der Waals surface area (Å²) < 4.78 is 0. The zero-order chi connectivity index (χ0) is 13.0. The number of benzene rings is 1. The molecule has 0 saturated heterocycles. The molecule has 1 heterocycles. The van der Waals surface area contributed by atoms with Crippen molar-refractivity contribution in [1.29, 1.82) is 0 Å². The molecule has 2 rings (SSSR count). The molecule has 0 fully saturated rings. The molecule has 0 radical (unpaired) electrons. The van der Waals surface area contributed by atoms with Gasteiger partial charge in [0, 0.05) is 12.4 Å². The van der Waals surface area contributed by atoms with Gasteiger partial charge in [0.05, 0.1) is 0 Å². The zero-order valence-electron chi connectivity index (χ0n) is 9.78. The lowest BCUT2D eigenvalue weighted by atomic mass is 10.0. The Hall–Kier alpha value is -2.20. The van der Waals surface area contributed by atoms with E-state index in [1.807, 2.05) is 36.4 Å². The number of carboxylic acids is 1. The highest BCUT2D eigenvalue weighted by atomic mass is 16.4. The van der Waals surface area contributed by atoms with E-state index in [1.165, 1.54) is 0 Å². The van der Waals surface area contributed by atoms with Crippen molar-refractivity contribution in [1.82, 2.24) is 4.98 Å². The first kappa shape index (κ1) is 12.3. The molecular formula is C14H14N2O2. The Bertz CT molecular complexity index is 523. The van der Waals surface area contributed by atoms with E-state index in [9.17, 15) is 4.79 Å². The van der Waals surface area contributed by atoms with Crippen LogP contribution in [0, 0.1) is 0 Å². The quantitative estimate of drug-likeness (QED) is 0.855. The summed E-state index contributed by atoms with van der Waals surface area (Å²) in [5.41, 5.74) is 8.57. The van der Waals surface area contributed by atoms with Gasteiger partial charge in [0.1, 0.15) is 6.04 Å². The highest BCUT2D eigenvalue weighted by Crippen LogP contribution is 2.19. The number of aliphatic carboxylic acids is 1. The summed E-state index contributed by atoms with van der Waals surface area (Å²) in [7, 11) is 0. The minimum Gasteiger partial charge on any atom is -0.480 e. The molecule has 1 atom stereocenters. The molecule has 92 valence electrons. The lowest BCUT2D eigenvalue weighted by Crippen LogP contribution is -2.32. The molecule has 0 aliphatic heterocycles. The van der Waals surface area contributed by atoms with Crippen molar-refractivity contribution >= 4 is 5.97 Å². The summed E-state index contributed by atoms with van der Waals surface area (Å²) in [5, 5.41) is 8.74. The molecule has 4 nitrogen and oxygen atoms in total. The van der Waals surface area contributed by atoms with E-state index in [4.69, 9.17) is 10.8 Å². The van der Waals surface area contributed by atoms with Crippen LogP contribution in [-0.4, -0.2) is 22.1 Å². The Morgan fingerprint density at radius 1 is 1.11 bits per heavy atom. The predicted octanol–water partition coefficient (Wildman–Crippen LogP) is 1.70. The van der Waals surface area contributed by atoms with Gasteiger partial charge in [-0.05, 0) is 35.2 Å². The smallest absolute Gasteiger partial charge is 0.320 e. The minimum atomic E-state index is -0.979. The summed E-state index contributed by atoms with van der Waals surface area (Å²) in [6, 6.07) is 10.7. The molecule has 1 aromatic heterocycles. The summed E-state index contributed by atoms with van der Waals surface area (Å²) in [5.74, 6) is -0.979. The summed E-state index contributed by atoms with van der Waals surface area (Å²) in [6.07, 6.45) is 3.82. The number of nitrogens with two attached hydrogens (primary N) is 1. The predicted molar refractivity (Wildman–Crippen MR) is 69.0 cm³/mol. The van der Waals surface area contributed by atoms with E-state index in [1.54, 1.807) is 12.4 Å². The number of carboxylic acid groups (broad SMARTS) is 1. The SMILES string of the molecule is N[C@@H](Cc1ccc(-c2ccncc2)cc1)C(=O)O. The lowest BCUT2D eigenvalue weighted by molar-refractivity contribution is -0.138. The van der Waals surface area contributed by atoms with Gasteiger partial charge in [-0.25, -0.2) is 0 Å². The van der Waals surface area contributed by atoms with Gasteiger partial charge in [0.15, 0.2) is 0 Å². The molecule has 0 bridgehead atoms. The third-order valence-corrected chi connectivity index (χ3v) is 2.74. The second kappa shape index (κ2) is 5.42. The van der Waals surface area contributed by atoms with E-state index < -0.39 is 12.0 Å². The van der Waals surface area contributed by atoms with Crippen LogP contribution in [0.1, 0.15) is 5.56 Å². The van der Waals surface area contributed by atoms with E-state index in [-0.39, 0.29) is 0 Å². The van der Waals surface area contributed by atoms with Crippen molar-refractivity contribution in [3.05, 3.63) is 54.4 Å². The largest absolute Gasteiger partial charge is 0.480 e. The summed E-state index contributed by atoms with van der Waals surface area (Å²) in [6.45, 7) is 0. The minimum absolute atomic E-state index is 0.339. The van der Waals surface area contributed by atoms with Gasteiger partial charge in [-0.3, -0.25) is 9.78 Å². The van der Waals surface area contributed by atoms with Gasteiger partial charge in [-0.2, -0.15) is 0 Å². The van der Waals surface area contributed by atoms with Crippen LogP contribution in [-0.2, 0) is 11.2 Å². The molecule has 0 amide bonds. The maximum atomic E-state index is 10.7. The first-order chi connectivity index (χ1) is 8.66. The van der Waals surface area contributed by atoms with E-state index in [0.717, 1.165) is 16.7 Å². The molecule has 0 unspecified atom stereocenters. The number of pyridine rings is 1. The topological polar surface area (TPSA) is 76.2 Å². The Labute approximate surface area is 105 Å². The van der Waals surface area contributed by atoms with Crippen LogP contribution < -0.4 is 5.73 Å². The second-order valence-electron chi connectivity index (χ2n) is 4.08. The third kappa shape index (κ3) is 2.93. The van der Waals surface area contributed by atoms with Crippen LogP contribution in [0.4, 0.5) is 0 Å². The van der Waals surface area contributed by atoms with Crippen LogP contribution >= 0.6 is 0 Å². The maximum Gasteiger partial charge on any atom is 0.320 e. The van der Waals surface area contributed by atoms with Crippen molar-refractivity contribution < 1.29 is 9.90 Å². The molecule has 0 aliphatic rings. The van der Waals surface area contributed by atoms with Crippen molar-refractivity contribution in [3.63, 3.8) is 0 Å². The highest BCUT2D eigenvalue weighted by molar-refractivity contribution is 5.73. The standard InChI is InChI=1S/C14H14N2O2/c15-13(14(17)18)9-10-1-3-11(4-2-10)12-5-7-16-8-6-12/h1-8,13H,9,15H2,(H,17,18)/t13-/m0/s1. The van der Waals surface area contributed by atoms with Gasteiger partial charge >= 0.3 is 5.97 Å². The number of hydrogen-bond acceptors (Lipinski definition) is 3. The van der Waals surface area contributed by atoms with Crippen LogP contribution in [0.15, 0.2) is 48.8 Å². The Kier molecular flexibility index (Phi) is 3.69. The van der Waals surface area contributed by atoms with Crippen molar-refractivity contribution in [2.75, 3.05) is 0 Å². The first-order valence-electron chi connectivity index (χ1n) is 5.64. The van der Waals surface area contributed by atoms with Crippen LogP contribution in [0.25, 0.3) is 11.1 Å². The van der Waals surface area contributed by atoms with Crippen LogP contribution in [0.2, 0.25) is 0 Å². The fraction of sp³-hybridized carbons (Fsp3) is 0.143. The molecular weight excluding hydrogens is 228 g/mol. The normalized spacial score (nSPS) is 12.1. The zero-order valence-corrected chi connectivity index (χ0v) is 9.78. The molecule has 0 aliphatic carbocycles. The molecule has 0 spiro atoms. The average molecular weight is 242 g/mol. The van der Waals surface area contributed by atoms with E-state index >= 15 is 0 Å². The van der Waals surface area contributed by atoms with Gasteiger partial charge < -0.3 is 10.8 Å². The van der Waals surface area contributed by atoms with Gasteiger partial charge in [0.25, 0.3) is 0 Å². The Morgan fingerprint density at radius 3 is 2.22 bits per heavy atom. The van der Waals surface area contributed by atoms with Gasteiger partial charge in [0.2, 0.25) is 0 Å². The van der Waals surface area contributed by atoms with Crippen molar-refractivity contribution in [2.45, 2.75) is 12.5 Å². The molecule has 2 aromatic rings. The second-order valence-corrected chi connectivity index (χ2v) is 4.08. The van der Waals surface area contributed by atoms with Crippen LogP contribution in [0.5, 0.6) is 0 Å².